The highest BCUT2D eigenvalue weighted by molar-refractivity contribution is 7.89. The van der Waals surface area contributed by atoms with Crippen LogP contribution in [-0.4, -0.2) is 56.7 Å². The molecule has 2 saturated heterocycles. The molecule has 0 saturated carbocycles. The molecule has 0 aromatic heterocycles. The van der Waals surface area contributed by atoms with Crippen molar-refractivity contribution in [3.8, 4) is 0 Å². The van der Waals surface area contributed by atoms with Crippen LogP contribution in [-0.2, 0) is 19.6 Å². The lowest BCUT2D eigenvalue weighted by Crippen LogP contribution is -2.40. The summed E-state index contributed by atoms with van der Waals surface area (Å²) < 4.78 is 31.2. The zero-order valence-electron chi connectivity index (χ0n) is 11.8. The van der Waals surface area contributed by atoms with Crippen LogP contribution < -0.4 is 5.32 Å². The molecule has 2 aliphatic rings. The summed E-state index contributed by atoms with van der Waals surface area (Å²) in [6.07, 6.45) is 5.29. The fourth-order valence-electron chi connectivity index (χ4n) is 2.65. The molecule has 0 aromatic carbocycles. The van der Waals surface area contributed by atoms with E-state index in [-0.39, 0.29) is 18.2 Å². The molecule has 2 aliphatic heterocycles. The van der Waals surface area contributed by atoms with Gasteiger partial charge in [0, 0.05) is 26.2 Å². The third-order valence-corrected chi connectivity index (χ3v) is 5.71. The summed E-state index contributed by atoms with van der Waals surface area (Å²) in [4.78, 5) is 11.7. The zero-order chi connectivity index (χ0) is 14.4. The van der Waals surface area contributed by atoms with E-state index < -0.39 is 16.1 Å². The molecule has 1 atom stereocenters. The summed E-state index contributed by atoms with van der Waals surface area (Å²) in [6.45, 7) is 2.01. The molecule has 2 rings (SSSR count). The standard InChI is InChI=1S/C13H24N2O4S/c16-13(12-6-5-10-19-12)14-7-11-20(17,18)15-8-3-1-2-4-9-15/h12H,1-11H2,(H,14,16). The Morgan fingerprint density at radius 2 is 1.85 bits per heavy atom. The molecule has 0 radical (unpaired) electrons. The number of hydrogen-bond donors (Lipinski definition) is 1. The van der Waals surface area contributed by atoms with Gasteiger partial charge in [-0.15, -0.1) is 0 Å². The van der Waals surface area contributed by atoms with Gasteiger partial charge in [0.25, 0.3) is 0 Å². The molecule has 7 heteroatoms. The predicted molar refractivity (Wildman–Crippen MR) is 75.8 cm³/mol. The predicted octanol–water partition coefficient (Wildman–Crippen LogP) is 0.487. The van der Waals surface area contributed by atoms with Gasteiger partial charge in [-0.3, -0.25) is 4.79 Å². The van der Waals surface area contributed by atoms with Crippen LogP contribution >= 0.6 is 0 Å². The van der Waals surface area contributed by atoms with E-state index in [9.17, 15) is 13.2 Å². The third-order valence-electron chi connectivity index (χ3n) is 3.84. The number of nitrogens with zero attached hydrogens (tertiary/aromatic N) is 1. The highest BCUT2D eigenvalue weighted by atomic mass is 32.2. The molecule has 0 bridgehead atoms. The van der Waals surface area contributed by atoms with Crippen LogP contribution in [0.3, 0.4) is 0 Å². The van der Waals surface area contributed by atoms with Gasteiger partial charge < -0.3 is 10.1 Å². The molecule has 0 aromatic rings. The molecule has 0 spiro atoms. The SMILES string of the molecule is O=C(NCCS(=O)(=O)N1CCCCCC1)C1CCCO1. The first kappa shape index (κ1) is 15.7. The number of carbonyl (C=O) groups excluding carboxylic acids is 1. The third kappa shape index (κ3) is 4.43. The Balaban J connectivity index is 1.75. The van der Waals surface area contributed by atoms with E-state index >= 15 is 0 Å². The minimum Gasteiger partial charge on any atom is -0.368 e. The molecular weight excluding hydrogens is 280 g/mol. The van der Waals surface area contributed by atoms with Gasteiger partial charge in [0.05, 0.1) is 5.75 Å². The van der Waals surface area contributed by atoms with Crippen LogP contribution in [0.25, 0.3) is 0 Å². The number of sulfonamides is 1. The van der Waals surface area contributed by atoms with Crippen molar-refractivity contribution in [2.45, 2.75) is 44.6 Å². The fraction of sp³-hybridized carbons (Fsp3) is 0.923. The zero-order valence-corrected chi connectivity index (χ0v) is 12.7. The van der Waals surface area contributed by atoms with E-state index in [4.69, 9.17) is 4.74 Å². The van der Waals surface area contributed by atoms with Crippen molar-refractivity contribution in [2.75, 3.05) is 32.0 Å². The molecule has 1 unspecified atom stereocenters. The molecule has 0 aliphatic carbocycles. The summed E-state index contributed by atoms with van der Waals surface area (Å²) in [7, 11) is -3.25. The highest BCUT2D eigenvalue weighted by Crippen LogP contribution is 2.14. The van der Waals surface area contributed by atoms with Crippen molar-refractivity contribution < 1.29 is 17.9 Å². The van der Waals surface area contributed by atoms with Gasteiger partial charge in [-0.05, 0) is 25.7 Å². The maximum Gasteiger partial charge on any atom is 0.249 e. The molecular formula is C13H24N2O4S. The first-order valence-electron chi connectivity index (χ1n) is 7.47. The Labute approximate surface area is 120 Å². The van der Waals surface area contributed by atoms with Crippen LogP contribution in [0.5, 0.6) is 0 Å². The van der Waals surface area contributed by atoms with Gasteiger partial charge >= 0.3 is 0 Å². The number of hydrogen-bond acceptors (Lipinski definition) is 4. The van der Waals surface area contributed by atoms with Crippen LogP contribution in [0, 0.1) is 0 Å². The van der Waals surface area contributed by atoms with Gasteiger partial charge in [0.2, 0.25) is 15.9 Å². The maximum absolute atomic E-state index is 12.2. The van der Waals surface area contributed by atoms with E-state index in [0.717, 1.165) is 38.5 Å². The van der Waals surface area contributed by atoms with Crippen molar-refractivity contribution in [2.24, 2.45) is 0 Å². The highest BCUT2D eigenvalue weighted by Gasteiger charge is 2.25. The van der Waals surface area contributed by atoms with Gasteiger partial charge in [-0.2, -0.15) is 0 Å². The molecule has 116 valence electrons. The van der Waals surface area contributed by atoms with Crippen LogP contribution in [0.15, 0.2) is 0 Å². The maximum atomic E-state index is 12.2. The molecule has 2 fully saturated rings. The average molecular weight is 304 g/mol. The fourth-order valence-corrected chi connectivity index (χ4v) is 4.08. The van der Waals surface area contributed by atoms with Gasteiger partial charge in [0.1, 0.15) is 6.10 Å². The largest absolute Gasteiger partial charge is 0.368 e. The average Bonchev–Trinajstić information content (AvgIpc) is 2.80. The minimum absolute atomic E-state index is 0.0224. The van der Waals surface area contributed by atoms with Crippen molar-refractivity contribution >= 4 is 15.9 Å². The van der Waals surface area contributed by atoms with Gasteiger partial charge in [-0.25, -0.2) is 12.7 Å². The summed E-state index contributed by atoms with van der Waals surface area (Å²) in [6, 6.07) is 0. The lowest BCUT2D eigenvalue weighted by atomic mass is 10.2. The summed E-state index contributed by atoms with van der Waals surface area (Å²) in [5, 5.41) is 2.67. The Kier molecular flexibility index (Phi) is 5.80. The van der Waals surface area contributed by atoms with Crippen molar-refractivity contribution in [1.82, 2.24) is 9.62 Å². The summed E-state index contributed by atoms with van der Waals surface area (Å²) >= 11 is 0. The van der Waals surface area contributed by atoms with E-state index in [2.05, 4.69) is 5.32 Å². The Bertz CT molecular complexity index is 410. The van der Waals surface area contributed by atoms with Gasteiger partial charge in [0.15, 0.2) is 0 Å². The normalized spacial score (nSPS) is 25.3. The second kappa shape index (κ2) is 7.38. The van der Waals surface area contributed by atoms with Crippen molar-refractivity contribution in [1.29, 1.82) is 0 Å². The lowest BCUT2D eigenvalue weighted by molar-refractivity contribution is -0.129. The number of nitrogens with one attached hydrogen (secondary N) is 1. The van der Waals surface area contributed by atoms with E-state index in [1.54, 1.807) is 4.31 Å². The Morgan fingerprint density at radius 1 is 1.15 bits per heavy atom. The Morgan fingerprint density at radius 3 is 2.45 bits per heavy atom. The first-order valence-corrected chi connectivity index (χ1v) is 9.08. The second-order valence-corrected chi connectivity index (χ2v) is 7.51. The lowest BCUT2D eigenvalue weighted by Gasteiger charge is -2.20. The topological polar surface area (TPSA) is 75.7 Å². The number of carbonyl (C=O) groups is 1. The summed E-state index contributed by atoms with van der Waals surface area (Å²) in [5.74, 6) is -0.209. The summed E-state index contributed by atoms with van der Waals surface area (Å²) in [5.41, 5.74) is 0. The van der Waals surface area contributed by atoms with Crippen LogP contribution in [0.1, 0.15) is 38.5 Å². The van der Waals surface area contributed by atoms with Crippen LogP contribution in [0.2, 0.25) is 0 Å². The number of amides is 1. The molecule has 20 heavy (non-hydrogen) atoms. The van der Waals surface area contributed by atoms with E-state index in [1.807, 2.05) is 0 Å². The van der Waals surface area contributed by atoms with Crippen molar-refractivity contribution in [3.63, 3.8) is 0 Å². The second-order valence-electron chi connectivity index (χ2n) is 5.42. The molecule has 6 nitrogen and oxygen atoms in total. The van der Waals surface area contributed by atoms with Gasteiger partial charge in [-0.1, -0.05) is 12.8 Å². The van der Waals surface area contributed by atoms with Crippen LogP contribution in [0.4, 0.5) is 0 Å². The smallest absolute Gasteiger partial charge is 0.249 e. The first-order chi connectivity index (χ1) is 9.59. The number of ether oxygens (including phenoxy) is 1. The molecule has 1 amide bonds. The minimum atomic E-state index is -3.25. The quantitative estimate of drug-likeness (QED) is 0.802. The molecule has 2 heterocycles. The number of rotatable bonds is 5. The van der Waals surface area contributed by atoms with E-state index in [0.29, 0.717) is 19.7 Å². The Hall–Kier alpha value is -0.660. The van der Waals surface area contributed by atoms with Crippen molar-refractivity contribution in [3.05, 3.63) is 0 Å². The molecule has 1 N–H and O–H groups in total. The van der Waals surface area contributed by atoms with E-state index in [1.165, 1.54) is 0 Å². The monoisotopic (exact) mass is 304 g/mol.